The minimum atomic E-state index is -3.78. The molecule has 0 fully saturated rings. The zero-order valence-electron chi connectivity index (χ0n) is 15.4. The summed E-state index contributed by atoms with van der Waals surface area (Å²) in [6.45, 7) is 3.75. The second-order valence-corrected chi connectivity index (χ2v) is 8.03. The molecule has 11 heteroatoms. The van der Waals surface area contributed by atoms with E-state index >= 15 is 0 Å². The molecule has 2 N–H and O–H groups in total. The van der Waals surface area contributed by atoms with Crippen molar-refractivity contribution in [3.05, 3.63) is 48.3 Å². The third-order valence-corrected chi connectivity index (χ3v) is 5.22. The smallest absolute Gasteiger partial charge is 0.287 e. The molecule has 0 saturated heterocycles. The zero-order valence-corrected chi connectivity index (χ0v) is 16.2. The molecule has 3 heterocycles. The van der Waals surface area contributed by atoms with Crippen LogP contribution in [-0.2, 0) is 10.0 Å². The molecule has 3 aromatic rings. The molecule has 28 heavy (non-hydrogen) atoms. The van der Waals surface area contributed by atoms with Crippen molar-refractivity contribution in [3.8, 4) is 11.4 Å². The minimum absolute atomic E-state index is 0.0786. The van der Waals surface area contributed by atoms with E-state index in [9.17, 15) is 13.2 Å². The average Bonchev–Trinajstić information content (AvgIpc) is 3.36. The van der Waals surface area contributed by atoms with Crippen LogP contribution in [0.2, 0.25) is 0 Å². The lowest BCUT2D eigenvalue weighted by molar-refractivity contribution is 0.0880. The molecule has 0 radical (unpaired) electrons. The molecule has 0 spiro atoms. The van der Waals surface area contributed by atoms with Gasteiger partial charge in [0, 0.05) is 18.0 Å². The van der Waals surface area contributed by atoms with Crippen molar-refractivity contribution in [1.29, 1.82) is 0 Å². The van der Waals surface area contributed by atoms with Gasteiger partial charge in [-0.3, -0.25) is 9.78 Å². The van der Waals surface area contributed by atoms with Crippen molar-refractivity contribution in [2.24, 2.45) is 5.92 Å². The van der Waals surface area contributed by atoms with Crippen LogP contribution >= 0.6 is 0 Å². The van der Waals surface area contributed by atoms with Gasteiger partial charge in [-0.1, -0.05) is 19.0 Å². The maximum Gasteiger partial charge on any atom is 0.287 e. The van der Waals surface area contributed by atoms with E-state index in [1.807, 2.05) is 13.8 Å². The first-order valence-electron chi connectivity index (χ1n) is 8.40. The number of aromatic nitrogens is 3. The summed E-state index contributed by atoms with van der Waals surface area (Å²) in [5.74, 6) is -0.221. The summed E-state index contributed by atoms with van der Waals surface area (Å²) >= 11 is 0. The summed E-state index contributed by atoms with van der Waals surface area (Å²) < 4.78 is 36.1. The zero-order chi connectivity index (χ0) is 20.3. The van der Waals surface area contributed by atoms with Gasteiger partial charge < -0.3 is 14.3 Å². The molecule has 148 valence electrons. The van der Waals surface area contributed by atoms with Crippen LogP contribution in [0, 0.1) is 5.92 Å². The molecule has 0 saturated carbocycles. The first kappa shape index (κ1) is 19.7. The second-order valence-electron chi connectivity index (χ2n) is 6.21. The number of amides is 1. The van der Waals surface area contributed by atoms with Gasteiger partial charge in [0.05, 0.1) is 0 Å². The molecule has 3 aromatic heterocycles. The molecular formula is C17H19N5O5S. The molecular weight excluding hydrogens is 386 g/mol. The van der Waals surface area contributed by atoms with Gasteiger partial charge in [0.15, 0.2) is 5.76 Å². The number of pyridine rings is 1. The van der Waals surface area contributed by atoms with Crippen LogP contribution in [0.4, 0.5) is 0 Å². The molecule has 0 bridgehead atoms. The minimum Gasteiger partial charge on any atom is -0.438 e. The van der Waals surface area contributed by atoms with Crippen LogP contribution in [0.3, 0.4) is 0 Å². The van der Waals surface area contributed by atoms with Crippen molar-refractivity contribution in [2.45, 2.75) is 25.0 Å². The van der Waals surface area contributed by atoms with Crippen LogP contribution in [0.15, 0.2) is 50.7 Å². The molecule has 1 amide bonds. The quantitative estimate of drug-likeness (QED) is 0.606. The van der Waals surface area contributed by atoms with E-state index in [0.29, 0.717) is 5.82 Å². The molecule has 1 unspecified atom stereocenters. The Labute approximate surface area is 161 Å². The predicted molar refractivity (Wildman–Crippen MR) is 97.5 cm³/mol. The normalized spacial score (nSPS) is 12.9. The summed E-state index contributed by atoms with van der Waals surface area (Å²) in [5, 5.41) is 6.33. The Bertz CT molecular complexity index is 1060. The number of nitrogens with one attached hydrogen (secondary N) is 2. The Morgan fingerprint density at radius 3 is 2.50 bits per heavy atom. The van der Waals surface area contributed by atoms with E-state index in [-0.39, 0.29) is 22.7 Å². The first-order valence-corrected chi connectivity index (χ1v) is 9.88. The monoisotopic (exact) mass is 405 g/mol. The maximum absolute atomic E-state index is 12.5. The number of carbonyl (C=O) groups excluding carboxylic acids is 1. The molecule has 1 atom stereocenters. The third-order valence-electron chi connectivity index (χ3n) is 3.94. The average molecular weight is 405 g/mol. The van der Waals surface area contributed by atoms with Gasteiger partial charge in [0.25, 0.3) is 15.9 Å². The van der Waals surface area contributed by atoms with E-state index in [1.165, 1.54) is 19.2 Å². The topological polar surface area (TPSA) is 140 Å². The van der Waals surface area contributed by atoms with E-state index in [1.54, 1.807) is 24.5 Å². The van der Waals surface area contributed by atoms with Crippen molar-refractivity contribution >= 4 is 15.9 Å². The number of hydrogen-bond acceptors (Lipinski definition) is 8. The van der Waals surface area contributed by atoms with Crippen LogP contribution in [0.5, 0.6) is 0 Å². The summed E-state index contributed by atoms with van der Waals surface area (Å²) in [7, 11) is -2.53. The molecule has 0 aliphatic carbocycles. The van der Waals surface area contributed by atoms with E-state index in [4.69, 9.17) is 8.94 Å². The summed E-state index contributed by atoms with van der Waals surface area (Å²) in [6.07, 6.45) is 3.22. The number of nitrogens with zero attached hydrogens (tertiary/aromatic N) is 3. The Balaban J connectivity index is 1.81. The lowest BCUT2D eigenvalue weighted by Crippen LogP contribution is -2.31. The highest BCUT2D eigenvalue weighted by atomic mass is 32.2. The Morgan fingerprint density at radius 2 is 1.86 bits per heavy atom. The van der Waals surface area contributed by atoms with Crippen LogP contribution in [0.1, 0.15) is 36.3 Å². The standard InChI is InChI=1S/C17H19N5O5S/c1-10(2)14(17-21-15(22-27-17)11-6-8-19-9-7-11)20-16(23)12-4-5-13(26-12)28(24,25)18-3/h4-10,14,18H,1-3H3,(H,20,23). The fourth-order valence-electron chi connectivity index (χ4n) is 2.39. The molecule has 10 nitrogen and oxygen atoms in total. The Hall–Kier alpha value is -3.05. The number of sulfonamides is 1. The van der Waals surface area contributed by atoms with E-state index in [2.05, 4.69) is 25.2 Å². The SMILES string of the molecule is CNS(=O)(=O)c1ccc(C(=O)NC(c2nc(-c3ccncc3)no2)C(C)C)o1. The molecule has 0 aliphatic rings. The van der Waals surface area contributed by atoms with Crippen molar-refractivity contribution in [3.63, 3.8) is 0 Å². The number of furan rings is 1. The van der Waals surface area contributed by atoms with Crippen molar-refractivity contribution < 1.29 is 22.2 Å². The summed E-state index contributed by atoms with van der Waals surface area (Å²) in [5.41, 5.74) is 0.729. The Kier molecular flexibility index (Phi) is 5.56. The lowest BCUT2D eigenvalue weighted by Gasteiger charge is -2.17. The second kappa shape index (κ2) is 7.90. The van der Waals surface area contributed by atoms with Gasteiger partial charge in [-0.2, -0.15) is 4.98 Å². The van der Waals surface area contributed by atoms with E-state index in [0.717, 1.165) is 5.56 Å². The maximum atomic E-state index is 12.5. The Morgan fingerprint density at radius 1 is 1.14 bits per heavy atom. The lowest BCUT2D eigenvalue weighted by atomic mass is 10.0. The largest absolute Gasteiger partial charge is 0.438 e. The summed E-state index contributed by atoms with van der Waals surface area (Å²) in [6, 6.07) is 5.38. The fraction of sp³-hybridized carbons (Fsp3) is 0.294. The van der Waals surface area contributed by atoms with Crippen LogP contribution in [0.25, 0.3) is 11.4 Å². The molecule has 0 aromatic carbocycles. The number of carbonyl (C=O) groups is 1. The van der Waals surface area contributed by atoms with Gasteiger partial charge in [-0.25, -0.2) is 13.1 Å². The highest BCUT2D eigenvalue weighted by Gasteiger charge is 2.27. The number of rotatable bonds is 7. The predicted octanol–water partition coefficient (Wildman–Crippen LogP) is 1.76. The van der Waals surface area contributed by atoms with E-state index < -0.39 is 22.0 Å². The molecule has 0 aliphatic heterocycles. The highest BCUT2D eigenvalue weighted by Crippen LogP contribution is 2.24. The fourth-order valence-corrected chi connectivity index (χ4v) is 3.04. The van der Waals surface area contributed by atoms with Gasteiger partial charge in [-0.15, -0.1) is 0 Å². The van der Waals surface area contributed by atoms with Crippen molar-refractivity contribution in [1.82, 2.24) is 25.2 Å². The number of hydrogen-bond donors (Lipinski definition) is 2. The summed E-state index contributed by atoms with van der Waals surface area (Å²) in [4.78, 5) is 20.8. The molecule has 3 rings (SSSR count). The van der Waals surface area contributed by atoms with Gasteiger partial charge in [0.2, 0.25) is 16.8 Å². The van der Waals surface area contributed by atoms with Gasteiger partial charge in [-0.05, 0) is 37.2 Å². The van der Waals surface area contributed by atoms with Crippen LogP contribution < -0.4 is 10.0 Å². The van der Waals surface area contributed by atoms with Gasteiger partial charge in [0.1, 0.15) is 6.04 Å². The highest BCUT2D eigenvalue weighted by molar-refractivity contribution is 7.89. The van der Waals surface area contributed by atoms with Crippen LogP contribution in [-0.4, -0.2) is 36.5 Å². The van der Waals surface area contributed by atoms with Crippen molar-refractivity contribution in [2.75, 3.05) is 7.05 Å². The third kappa shape index (κ3) is 4.10. The van der Waals surface area contributed by atoms with Gasteiger partial charge >= 0.3 is 0 Å². The first-order chi connectivity index (χ1) is 13.3.